The number of aryl methyl sites for hydroxylation is 1. The zero-order valence-electron chi connectivity index (χ0n) is 10.1. The zero-order valence-corrected chi connectivity index (χ0v) is 10.1. The van der Waals surface area contributed by atoms with Crippen molar-refractivity contribution in [3.63, 3.8) is 0 Å². The molecule has 0 fully saturated rings. The Morgan fingerprint density at radius 3 is 2.72 bits per heavy atom. The van der Waals surface area contributed by atoms with E-state index < -0.39 is 4.92 Å². The van der Waals surface area contributed by atoms with E-state index in [4.69, 9.17) is 0 Å². The standard InChI is InChI=1S/C11H13N5O2/c1-8-9(6-14-15(8)2)5-12-11-4-3-10(7-13-11)16(17)18/h3-4,6-7H,5H2,1-2H3,(H,12,13). The summed E-state index contributed by atoms with van der Waals surface area (Å²) < 4.78 is 1.79. The summed E-state index contributed by atoms with van der Waals surface area (Å²) in [7, 11) is 1.88. The Bertz CT molecular complexity index is 561. The fraction of sp³-hybridized carbons (Fsp3) is 0.273. The van der Waals surface area contributed by atoms with Gasteiger partial charge in [-0.1, -0.05) is 0 Å². The quantitative estimate of drug-likeness (QED) is 0.655. The van der Waals surface area contributed by atoms with Gasteiger partial charge in [-0.15, -0.1) is 0 Å². The zero-order chi connectivity index (χ0) is 13.1. The molecule has 2 aromatic rings. The first kappa shape index (κ1) is 12.0. The molecule has 1 N–H and O–H groups in total. The molecule has 94 valence electrons. The van der Waals surface area contributed by atoms with E-state index in [1.807, 2.05) is 14.0 Å². The molecule has 0 aliphatic heterocycles. The van der Waals surface area contributed by atoms with Crippen LogP contribution < -0.4 is 5.32 Å². The van der Waals surface area contributed by atoms with Crippen LogP contribution in [0.3, 0.4) is 0 Å². The fourth-order valence-corrected chi connectivity index (χ4v) is 1.50. The predicted octanol–water partition coefficient (Wildman–Crippen LogP) is 1.64. The normalized spacial score (nSPS) is 10.3. The molecule has 0 saturated heterocycles. The molecule has 0 spiro atoms. The summed E-state index contributed by atoms with van der Waals surface area (Å²) in [5.41, 5.74) is 2.13. The predicted molar refractivity (Wildman–Crippen MR) is 66.2 cm³/mol. The molecular weight excluding hydrogens is 234 g/mol. The van der Waals surface area contributed by atoms with E-state index >= 15 is 0 Å². The Morgan fingerprint density at radius 1 is 1.44 bits per heavy atom. The Morgan fingerprint density at radius 2 is 2.22 bits per heavy atom. The van der Waals surface area contributed by atoms with Crippen molar-refractivity contribution in [1.82, 2.24) is 14.8 Å². The van der Waals surface area contributed by atoms with Crippen LogP contribution in [-0.4, -0.2) is 19.7 Å². The van der Waals surface area contributed by atoms with Crippen LogP contribution >= 0.6 is 0 Å². The minimum absolute atomic E-state index is 0.0156. The van der Waals surface area contributed by atoms with Gasteiger partial charge in [0.2, 0.25) is 0 Å². The van der Waals surface area contributed by atoms with Crippen LogP contribution in [0, 0.1) is 17.0 Å². The number of pyridine rings is 1. The smallest absolute Gasteiger partial charge is 0.287 e. The van der Waals surface area contributed by atoms with Gasteiger partial charge in [0.05, 0.1) is 11.1 Å². The van der Waals surface area contributed by atoms with Crippen LogP contribution in [0.2, 0.25) is 0 Å². The molecule has 0 aliphatic carbocycles. The van der Waals surface area contributed by atoms with Crippen LogP contribution in [-0.2, 0) is 13.6 Å². The molecular formula is C11H13N5O2. The average molecular weight is 247 g/mol. The molecule has 18 heavy (non-hydrogen) atoms. The third kappa shape index (κ3) is 2.45. The highest BCUT2D eigenvalue weighted by atomic mass is 16.6. The van der Waals surface area contributed by atoms with E-state index in [1.54, 1.807) is 16.9 Å². The maximum atomic E-state index is 10.5. The van der Waals surface area contributed by atoms with E-state index in [-0.39, 0.29) is 5.69 Å². The third-order valence-corrected chi connectivity index (χ3v) is 2.76. The molecule has 7 nitrogen and oxygen atoms in total. The molecule has 2 heterocycles. The number of nitrogens with one attached hydrogen (secondary N) is 1. The summed E-state index contributed by atoms with van der Waals surface area (Å²) >= 11 is 0. The topological polar surface area (TPSA) is 85.9 Å². The number of nitrogens with zero attached hydrogens (tertiary/aromatic N) is 4. The Hall–Kier alpha value is -2.44. The van der Waals surface area contributed by atoms with Gasteiger partial charge in [0, 0.05) is 30.9 Å². The molecule has 2 aromatic heterocycles. The van der Waals surface area contributed by atoms with Gasteiger partial charge < -0.3 is 5.32 Å². The molecule has 0 aliphatic rings. The highest BCUT2D eigenvalue weighted by molar-refractivity contribution is 5.40. The van der Waals surface area contributed by atoms with Gasteiger partial charge in [0.25, 0.3) is 5.69 Å². The van der Waals surface area contributed by atoms with E-state index in [9.17, 15) is 10.1 Å². The molecule has 0 amide bonds. The Balaban J connectivity index is 2.02. The minimum atomic E-state index is -0.470. The van der Waals surface area contributed by atoms with Crippen molar-refractivity contribution in [2.45, 2.75) is 13.5 Å². The van der Waals surface area contributed by atoms with Crippen LogP contribution in [0.15, 0.2) is 24.5 Å². The SMILES string of the molecule is Cc1c(CNc2ccc([N+](=O)[O-])cn2)cnn1C. The van der Waals surface area contributed by atoms with Crippen molar-refractivity contribution in [2.24, 2.45) is 7.05 Å². The molecule has 7 heteroatoms. The van der Waals surface area contributed by atoms with Crippen molar-refractivity contribution >= 4 is 11.5 Å². The average Bonchev–Trinajstić information content (AvgIpc) is 2.68. The van der Waals surface area contributed by atoms with Gasteiger partial charge >= 0.3 is 0 Å². The lowest BCUT2D eigenvalue weighted by Gasteiger charge is -2.04. The third-order valence-electron chi connectivity index (χ3n) is 2.76. The number of nitro groups is 1. The van der Waals surface area contributed by atoms with Gasteiger partial charge in [-0.2, -0.15) is 5.10 Å². The number of aromatic nitrogens is 3. The second-order valence-corrected chi connectivity index (χ2v) is 3.89. The second kappa shape index (κ2) is 4.82. The number of rotatable bonds is 4. The van der Waals surface area contributed by atoms with Crippen LogP contribution in [0.1, 0.15) is 11.3 Å². The summed E-state index contributed by atoms with van der Waals surface area (Å²) in [5, 5.41) is 17.7. The van der Waals surface area contributed by atoms with Gasteiger partial charge in [0.15, 0.2) is 0 Å². The molecule has 0 unspecified atom stereocenters. The lowest BCUT2D eigenvalue weighted by molar-refractivity contribution is -0.385. The highest BCUT2D eigenvalue weighted by Crippen LogP contribution is 2.13. The molecule has 0 bridgehead atoms. The van der Waals surface area contributed by atoms with E-state index in [2.05, 4.69) is 15.4 Å². The van der Waals surface area contributed by atoms with Gasteiger partial charge in [-0.05, 0) is 13.0 Å². The van der Waals surface area contributed by atoms with Crippen LogP contribution in [0.4, 0.5) is 11.5 Å². The van der Waals surface area contributed by atoms with Crippen LogP contribution in [0.25, 0.3) is 0 Å². The summed E-state index contributed by atoms with van der Waals surface area (Å²) in [4.78, 5) is 14.0. The van der Waals surface area contributed by atoms with Crippen molar-refractivity contribution in [1.29, 1.82) is 0 Å². The lowest BCUT2D eigenvalue weighted by atomic mass is 10.2. The van der Waals surface area contributed by atoms with E-state index in [1.165, 1.54) is 12.3 Å². The summed E-state index contributed by atoms with van der Waals surface area (Å²) in [6.07, 6.45) is 3.02. The van der Waals surface area contributed by atoms with E-state index in [0.717, 1.165) is 11.3 Å². The maximum Gasteiger partial charge on any atom is 0.287 e. The van der Waals surface area contributed by atoms with E-state index in [0.29, 0.717) is 12.4 Å². The fourth-order valence-electron chi connectivity index (χ4n) is 1.50. The number of hydrogen-bond acceptors (Lipinski definition) is 5. The summed E-state index contributed by atoms with van der Waals surface area (Å²) in [5.74, 6) is 0.601. The molecule has 0 atom stereocenters. The number of hydrogen-bond donors (Lipinski definition) is 1. The largest absolute Gasteiger partial charge is 0.366 e. The second-order valence-electron chi connectivity index (χ2n) is 3.89. The van der Waals surface area contributed by atoms with Crippen molar-refractivity contribution in [3.05, 3.63) is 45.9 Å². The molecule has 2 rings (SSSR count). The van der Waals surface area contributed by atoms with Gasteiger partial charge in [-0.25, -0.2) is 4.98 Å². The monoisotopic (exact) mass is 247 g/mol. The Labute approximate surface area is 104 Å². The minimum Gasteiger partial charge on any atom is -0.366 e. The Kier molecular flexibility index (Phi) is 3.22. The summed E-state index contributed by atoms with van der Waals surface area (Å²) in [6.45, 7) is 2.57. The molecule has 0 radical (unpaired) electrons. The van der Waals surface area contributed by atoms with Gasteiger partial charge in [0.1, 0.15) is 12.0 Å². The first-order valence-corrected chi connectivity index (χ1v) is 5.39. The number of anilines is 1. The van der Waals surface area contributed by atoms with Crippen molar-refractivity contribution in [3.8, 4) is 0 Å². The van der Waals surface area contributed by atoms with Crippen molar-refractivity contribution in [2.75, 3.05) is 5.32 Å². The molecule has 0 saturated carbocycles. The molecule has 0 aromatic carbocycles. The first-order valence-electron chi connectivity index (χ1n) is 5.39. The van der Waals surface area contributed by atoms with Gasteiger partial charge in [-0.3, -0.25) is 14.8 Å². The van der Waals surface area contributed by atoms with Crippen LogP contribution in [0.5, 0.6) is 0 Å². The van der Waals surface area contributed by atoms with Crippen molar-refractivity contribution < 1.29 is 4.92 Å². The summed E-state index contributed by atoms with van der Waals surface area (Å²) in [6, 6.07) is 3.01. The highest BCUT2D eigenvalue weighted by Gasteiger charge is 2.06. The maximum absolute atomic E-state index is 10.5. The first-order chi connectivity index (χ1) is 8.58. The lowest BCUT2D eigenvalue weighted by Crippen LogP contribution is -2.03.